The number of hydrogen-bond acceptors (Lipinski definition) is 6. The van der Waals surface area contributed by atoms with Crippen molar-refractivity contribution in [2.45, 2.75) is 6.42 Å². The van der Waals surface area contributed by atoms with E-state index in [-0.39, 0.29) is 0 Å². The maximum atomic E-state index is 11.4. The van der Waals surface area contributed by atoms with E-state index in [4.69, 9.17) is 0 Å². The van der Waals surface area contributed by atoms with Crippen LogP contribution in [0.25, 0.3) is 11.3 Å². The number of thiazole rings is 1. The first-order valence-corrected chi connectivity index (χ1v) is 10.5. The van der Waals surface area contributed by atoms with Crippen LogP contribution >= 0.6 is 11.3 Å². The Bertz CT molecular complexity index is 715. The molecule has 0 aliphatic carbocycles. The van der Waals surface area contributed by atoms with Gasteiger partial charge in [0.1, 0.15) is 0 Å². The number of nitrogens with one attached hydrogen (secondary N) is 1. The van der Waals surface area contributed by atoms with Gasteiger partial charge in [0, 0.05) is 30.6 Å². The van der Waals surface area contributed by atoms with E-state index in [1.54, 1.807) is 11.3 Å². The zero-order chi connectivity index (χ0) is 16.1. The number of rotatable bonds is 6. The molecule has 1 aliphatic rings. The average Bonchev–Trinajstić information content (AvgIpc) is 3.03. The Morgan fingerprint density at radius 1 is 1.17 bits per heavy atom. The molecule has 1 aromatic heterocycles. The molecule has 23 heavy (non-hydrogen) atoms. The third-order valence-corrected chi connectivity index (χ3v) is 6.35. The Balaban J connectivity index is 1.41. The standard InChI is InChI=1S/C16H21N3O2S2/c20-23(21)11-9-19(10-12-23)8-4-7-17-16-18-15(13-22-16)14-5-2-1-3-6-14/h1-3,5-6,13H,4,7-12H2,(H,17,18). The fourth-order valence-electron chi connectivity index (χ4n) is 2.57. The summed E-state index contributed by atoms with van der Waals surface area (Å²) in [5.41, 5.74) is 2.13. The summed E-state index contributed by atoms with van der Waals surface area (Å²) in [6.45, 7) is 3.11. The van der Waals surface area contributed by atoms with Gasteiger partial charge in [-0.05, 0) is 13.0 Å². The Morgan fingerprint density at radius 2 is 1.91 bits per heavy atom. The molecule has 0 atom stereocenters. The highest BCUT2D eigenvalue weighted by molar-refractivity contribution is 7.91. The van der Waals surface area contributed by atoms with Gasteiger partial charge in [-0.15, -0.1) is 11.3 Å². The fourth-order valence-corrected chi connectivity index (χ4v) is 4.59. The third-order valence-electron chi connectivity index (χ3n) is 3.94. The summed E-state index contributed by atoms with van der Waals surface area (Å²) in [4.78, 5) is 6.82. The average molecular weight is 351 g/mol. The molecule has 1 saturated heterocycles. The van der Waals surface area contributed by atoms with Gasteiger partial charge in [0.05, 0.1) is 17.2 Å². The topological polar surface area (TPSA) is 62.3 Å². The van der Waals surface area contributed by atoms with Gasteiger partial charge in [0.25, 0.3) is 0 Å². The predicted octanol–water partition coefficient (Wildman–Crippen LogP) is 2.34. The molecule has 3 rings (SSSR count). The fraction of sp³-hybridized carbons (Fsp3) is 0.438. The molecule has 1 fully saturated rings. The van der Waals surface area contributed by atoms with Crippen molar-refractivity contribution < 1.29 is 8.42 Å². The van der Waals surface area contributed by atoms with Crippen LogP contribution in [-0.4, -0.2) is 56.0 Å². The van der Waals surface area contributed by atoms with Crippen molar-refractivity contribution in [2.24, 2.45) is 0 Å². The number of benzene rings is 1. The number of sulfone groups is 1. The van der Waals surface area contributed by atoms with E-state index in [1.807, 2.05) is 18.2 Å². The summed E-state index contributed by atoms with van der Waals surface area (Å²) < 4.78 is 22.8. The highest BCUT2D eigenvalue weighted by Crippen LogP contribution is 2.24. The number of hydrogen-bond donors (Lipinski definition) is 1. The van der Waals surface area contributed by atoms with Crippen LogP contribution in [-0.2, 0) is 9.84 Å². The first kappa shape index (κ1) is 16.4. The van der Waals surface area contributed by atoms with Crippen molar-refractivity contribution in [1.82, 2.24) is 9.88 Å². The van der Waals surface area contributed by atoms with Gasteiger partial charge < -0.3 is 10.2 Å². The second-order valence-electron chi connectivity index (χ2n) is 5.68. The largest absolute Gasteiger partial charge is 0.361 e. The molecule has 0 radical (unpaired) electrons. The van der Waals surface area contributed by atoms with Gasteiger partial charge in [0.15, 0.2) is 15.0 Å². The summed E-state index contributed by atoms with van der Waals surface area (Å²) in [5.74, 6) is 0.598. The lowest BCUT2D eigenvalue weighted by molar-refractivity contribution is 0.295. The van der Waals surface area contributed by atoms with Crippen LogP contribution in [0.1, 0.15) is 6.42 Å². The van der Waals surface area contributed by atoms with Gasteiger partial charge in [-0.3, -0.25) is 0 Å². The summed E-state index contributed by atoms with van der Waals surface area (Å²) in [5, 5.41) is 6.35. The molecule has 0 unspecified atom stereocenters. The van der Waals surface area contributed by atoms with Crippen molar-refractivity contribution in [3.05, 3.63) is 35.7 Å². The maximum absolute atomic E-state index is 11.4. The van der Waals surface area contributed by atoms with Crippen LogP contribution in [0.4, 0.5) is 5.13 Å². The van der Waals surface area contributed by atoms with E-state index in [0.717, 1.165) is 35.9 Å². The molecule has 2 heterocycles. The van der Waals surface area contributed by atoms with Crippen LogP contribution in [0.3, 0.4) is 0 Å². The molecule has 1 N–H and O–H groups in total. The van der Waals surface area contributed by atoms with Crippen LogP contribution < -0.4 is 5.32 Å². The maximum Gasteiger partial charge on any atom is 0.183 e. The second-order valence-corrected chi connectivity index (χ2v) is 8.84. The SMILES string of the molecule is O=S1(=O)CCN(CCCNc2nc(-c3ccccc3)cs2)CC1. The van der Waals surface area contributed by atoms with Crippen molar-refractivity contribution in [1.29, 1.82) is 0 Å². The number of nitrogens with zero attached hydrogens (tertiary/aromatic N) is 2. The highest BCUT2D eigenvalue weighted by Gasteiger charge is 2.20. The molecule has 0 saturated carbocycles. The third kappa shape index (κ3) is 4.76. The molecule has 2 aromatic rings. The first-order valence-electron chi connectivity index (χ1n) is 7.80. The zero-order valence-electron chi connectivity index (χ0n) is 12.9. The molecule has 0 amide bonds. The monoisotopic (exact) mass is 351 g/mol. The lowest BCUT2D eigenvalue weighted by Gasteiger charge is -2.26. The number of anilines is 1. The van der Waals surface area contributed by atoms with E-state index < -0.39 is 9.84 Å². The molecule has 7 heteroatoms. The van der Waals surface area contributed by atoms with Crippen molar-refractivity contribution in [3.8, 4) is 11.3 Å². The van der Waals surface area contributed by atoms with Gasteiger partial charge in [0.2, 0.25) is 0 Å². The minimum Gasteiger partial charge on any atom is -0.361 e. The zero-order valence-corrected chi connectivity index (χ0v) is 14.6. The van der Waals surface area contributed by atoms with E-state index in [0.29, 0.717) is 24.6 Å². The summed E-state index contributed by atoms with van der Waals surface area (Å²) in [7, 11) is -2.78. The summed E-state index contributed by atoms with van der Waals surface area (Å²) in [6.07, 6.45) is 0.986. The van der Waals surface area contributed by atoms with E-state index >= 15 is 0 Å². The van der Waals surface area contributed by atoms with Gasteiger partial charge in [-0.1, -0.05) is 30.3 Å². The van der Waals surface area contributed by atoms with E-state index in [2.05, 4.69) is 32.7 Å². The molecule has 0 spiro atoms. The van der Waals surface area contributed by atoms with Crippen molar-refractivity contribution in [3.63, 3.8) is 0 Å². The Labute approximate surface area is 141 Å². The molecule has 124 valence electrons. The first-order chi connectivity index (χ1) is 11.1. The second kappa shape index (κ2) is 7.42. The Morgan fingerprint density at radius 3 is 2.65 bits per heavy atom. The van der Waals surface area contributed by atoms with Crippen molar-refractivity contribution in [2.75, 3.05) is 43.0 Å². The Kier molecular flexibility index (Phi) is 5.30. The quantitative estimate of drug-likeness (QED) is 0.810. The summed E-state index contributed by atoms with van der Waals surface area (Å²) in [6, 6.07) is 10.1. The van der Waals surface area contributed by atoms with Crippen LogP contribution in [0.5, 0.6) is 0 Å². The lowest BCUT2D eigenvalue weighted by Crippen LogP contribution is -2.41. The van der Waals surface area contributed by atoms with E-state index in [9.17, 15) is 8.42 Å². The van der Waals surface area contributed by atoms with E-state index in [1.165, 1.54) is 0 Å². The predicted molar refractivity (Wildman–Crippen MR) is 95.8 cm³/mol. The lowest BCUT2D eigenvalue weighted by atomic mass is 10.2. The van der Waals surface area contributed by atoms with Gasteiger partial charge in [-0.2, -0.15) is 0 Å². The highest BCUT2D eigenvalue weighted by atomic mass is 32.2. The van der Waals surface area contributed by atoms with Gasteiger partial charge >= 0.3 is 0 Å². The van der Waals surface area contributed by atoms with Crippen LogP contribution in [0.2, 0.25) is 0 Å². The molecular formula is C16H21N3O2S2. The molecule has 1 aromatic carbocycles. The minimum atomic E-state index is -2.78. The van der Waals surface area contributed by atoms with Crippen LogP contribution in [0.15, 0.2) is 35.7 Å². The smallest absolute Gasteiger partial charge is 0.183 e. The van der Waals surface area contributed by atoms with Crippen LogP contribution in [0, 0.1) is 0 Å². The molecule has 1 aliphatic heterocycles. The van der Waals surface area contributed by atoms with Gasteiger partial charge in [-0.25, -0.2) is 13.4 Å². The minimum absolute atomic E-state index is 0.299. The summed E-state index contributed by atoms with van der Waals surface area (Å²) >= 11 is 1.62. The molecule has 0 bridgehead atoms. The molecular weight excluding hydrogens is 330 g/mol. The molecule has 5 nitrogen and oxygen atoms in total. The number of aromatic nitrogens is 1. The Hall–Kier alpha value is -1.44. The normalized spacial score (nSPS) is 17.9. The van der Waals surface area contributed by atoms with Crippen molar-refractivity contribution >= 4 is 26.3 Å².